The second-order valence-electron chi connectivity index (χ2n) is 6.15. The van der Waals surface area contributed by atoms with Gasteiger partial charge in [-0.2, -0.15) is 0 Å². The lowest BCUT2D eigenvalue weighted by Crippen LogP contribution is -2.17. The number of rotatable bonds is 7. The van der Waals surface area contributed by atoms with Crippen LogP contribution in [0.2, 0.25) is 0 Å². The third-order valence-corrected chi connectivity index (χ3v) is 6.30. The van der Waals surface area contributed by atoms with Gasteiger partial charge in [0.2, 0.25) is 0 Å². The van der Waals surface area contributed by atoms with E-state index in [2.05, 4.69) is 15.3 Å². The van der Waals surface area contributed by atoms with Crippen molar-refractivity contribution in [1.29, 1.82) is 0 Å². The number of aliphatic imine (C=N–C) groups is 1. The zero-order chi connectivity index (χ0) is 19.5. The summed E-state index contributed by atoms with van der Waals surface area (Å²) in [6, 6.07) is 12.6. The van der Waals surface area contributed by atoms with Crippen LogP contribution in [-0.4, -0.2) is 46.0 Å². The Bertz CT molecular complexity index is 1030. The van der Waals surface area contributed by atoms with Gasteiger partial charge in [-0.3, -0.25) is 4.99 Å². The second kappa shape index (κ2) is 8.07. The van der Waals surface area contributed by atoms with Crippen molar-refractivity contribution in [1.82, 2.24) is 4.98 Å². The molecule has 1 aliphatic heterocycles. The van der Waals surface area contributed by atoms with Crippen LogP contribution in [0.4, 0.5) is 11.4 Å². The molecule has 1 atom stereocenters. The summed E-state index contributed by atoms with van der Waals surface area (Å²) in [5.74, 6) is 0.353. The van der Waals surface area contributed by atoms with E-state index in [4.69, 9.17) is 15.6 Å². The number of thiazole rings is 1. The number of nitrogen functional groups attached to an aromatic ring is 1. The highest BCUT2D eigenvalue weighted by Gasteiger charge is 2.26. The molecule has 2 heterocycles. The van der Waals surface area contributed by atoms with Gasteiger partial charge in [0.1, 0.15) is 22.4 Å². The highest BCUT2D eigenvalue weighted by Crippen LogP contribution is 2.31. The standard InChI is InChI=1S/C19H18N4O3S2/c20-11-1-4-13(5-2-11)26-8-7-21-12-3-6-14-16(9-12)28-18(22-14)17-23-15(10-27-17)19(24)25/h1-6,9,15,21H,7-8,10,20H2,(H,24,25)/t15-/m1/s1. The summed E-state index contributed by atoms with van der Waals surface area (Å²) in [6.45, 7) is 1.18. The number of aromatic nitrogens is 1. The zero-order valence-corrected chi connectivity index (χ0v) is 16.4. The number of anilines is 2. The molecule has 0 bridgehead atoms. The fraction of sp³-hybridized carbons (Fsp3) is 0.211. The summed E-state index contributed by atoms with van der Waals surface area (Å²) < 4.78 is 6.71. The number of fused-ring (bicyclic) bond motifs is 1. The normalized spacial score (nSPS) is 16.1. The van der Waals surface area contributed by atoms with E-state index in [0.29, 0.717) is 29.6 Å². The molecule has 28 heavy (non-hydrogen) atoms. The lowest BCUT2D eigenvalue weighted by Gasteiger charge is -2.08. The van der Waals surface area contributed by atoms with E-state index in [9.17, 15) is 4.79 Å². The monoisotopic (exact) mass is 414 g/mol. The minimum Gasteiger partial charge on any atom is -0.492 e. The maximum Gasteiger partial charge on any atom is 0.329 e. The molecule has 0 unspecified atom stereocenters. The average Bonchev–Trinajstić information content (AvgIpc) is 3.33. The number of hydrogen-bond acceptors (Lipinski definition) is 8. The molecular weight excluding hydrogens is 396 g/mol. The van der Waals surface area contributed by atoms with Crippen molar-refractivity contribution in [2.75, 3.05) is 30.0 Å². The Morgan fingerprint density at radius 3 is 2.86 bits per heavy atom. The van der Waals surface area contributed by atoms with E-state index in [0.717, 1.165) is 26.7 Å². The minimum absolute atomic E-state index is 0.460. The number of thioether (sulfide) groups is 1. The molecular formula is C19H18N4O3S2. The molecule has 3 aromatic rings. The molecule has 9 heteroatoms. The van der Waals surface area contributed by atoms with E-state index in [1.165, 1.54) is 23.1 Å². The van der Waals surface area contributed by atoms with Gasteiger partial charge >= 0.3 is 5.97 Å². The van der Waals surface area contributed by atoms with Crippen LogP contribution in [-0.2, 0) is 4.79 Å². The fourth-order valence-corrected chi connectivity index (χ4v) is 4.77. The summed E-state index contributed by atoms with van der Waals surface area (Å²) in [5, 5.41) is 13.9. The molecule has 0 saturated carbocycles. The molecule has 0 radical (unpaired) electrons. The maximum absolute atomic E-state index is 11.1. The summed E-state index contributed by atoms with van der Waals surface area (Å²) in [5.41, 5.74) is 8.23. The van der Waals surface area contributed by atoms with Crippen molar-refractivity contribution in [3.8, 4) is 5.75 Å². The van der Waals surface area contributed by atoms with E-state index in [-0.39, 0.29) is 0 Å². The number of carboxylic acid groups (broad SMARTS) is 1. The Hall–Kier alpha value is -2.78. The highest BCUT2D eigenvalue weighted by molar-refractivity contribution is 8.15. The number of nitrogens with two attached hydrogens (primary N) is 1. The summed E-state index contributed by atoms with van der Waals surface area (Å²) in [6.07, 6.45) is 0. The SMILES string of the molecule is Nc1ccc(OCCNc2ccc3nc(C4=N[C@@H](C(=O)O)CS4)sc3c2)cc1. The van der Waals surface area contributed by atoms with E-state index >= 15 is 0 Å². The number of aliphatic carboxylic acids is 1. The molecule has 0 aliphatic carbocycles. The van der Waals surface area contributed by atoms with Gasteiger partial charge in [0.05, 0.1) is 10.2 Å². The van der Waals surface area contributed by atoms with E-state index in [1.807, 2.05) is 42.5 Å². The molecule has 144 valence electrons. The smallest absolute Gasteiger partial charge is 0.329 e. The summed E-state index contributed by atoms with van der Waals surface area (Å²) in [4.78, 5) is 19.9. The van der Waals surface area contributed by atoms with Gasteiger partial charge in [0.25, 0.3) is 0 Å². The molecule has 4 rings (SSSR count). The Kier molecular flexibility index (Phi) is 5.36. The third-order valence-electron chi connectivity index (χ3n) is 4.09. The third kappa shape index (κ3) is 4.20. The van der Waals surface area contributed by atoms with Crippen molar-refractivity contribution < 1.29 is 14.6 Å². The van der Waals surface area contributed by atoms with Crippen LogP contribution < -0.4 is 15.8 Å². The van der Waals surface area contributed by atoms with Crippen molar-refractivity contribution in [2.24, 2.45) is 4.99 Å². The number of nitrogens with zero attached hydrogens (tertiary/aromatic N) is 2. The largest absolute Gasteiger partial charge is 0.492 e. The van der Waals surface area contributed by atoms with Gasteiger partial charge < -0.3 is 20.9 Å². The first kappa shape index (κ1) is 18.6. The molecule has 1 aromatic heterocycles. The van der Waals surface area contributed by atoms with Gasteiger partial charge in [-0.05, 0) is 42.5 Å². The van der Waals surface area contributed by atoms with E-state index < -0.39 is 12.0 Å². The minimum atomic E-state index is -0.892. The lowest BCUT2D eigenvalue weighted by atomic mass is 10.3. The second-order valence-corrected chi connectivity index (χ2v) is 8.18. The van der Waals surface area contributed by atoms with Crippen LogP contribution in [0.5, 0.6) is 5.75 Å². The van der Waals surface area contributed by atoms with Gasteiger partial charge in [0, 0.05) is 23.7 Å². The van der Waals surface area contributed by atoms with Crippen LogP contribution in [0, 0.1) is 0 Å². The predicted molar refractivity (Wildman–Crippen MR) is 115 cm³/mol. The van der Waals surface area contributed by atoms with Crippen LogP contribution in [0.3, 0.4) is 0 Å². The van der Waals surface area contributed by atoms with Gasteiger partial charge in [-0.25, -0.2) is 9.78 Å². The quantitative estimate of drug-likeness (QED) is 0.402. The van der Waals surface area contributed by atoms with Gasteiger partial charge in [0.15, 0.2) is 6.04 Å². The molecule has 0 amide bonds. The molecule has 0 fully saturated rings. The lowest BCUT2D eigenvalue weighted by molar-refractivity contribution is -0.137. The molecule has 0 spiro atoms. The average molecular weight is 415 g/mol. The maximum atomic E-state index is 11.1. The first-order valence-electron chi connectivity index (χ1n) is 8.65. The number of hydrogen-bond donors (Lipinski definition) is 3. The van der Waals surface area contributed by atoms with Crippen LogP contribution in [0.15, 0.2) is 47.5 Å². The molecule has 1 aliphatic rings. The number of carboxylic acids is 1. The van der Waals surface area contributed by atoms with Crippen LogP contribution in [0.25, 0.3) is 10.2 Å². The fourth-order valence-electron chi connectivity index (χ4n) is 2.67. The number of carbonyl (C=O) groups is 1. The van der Waals surface area contributed by atoms with E-state index in [1.54, 1.807) is 0 Å². The zero-order valence-electron chi connectivity index (χ0n) is 14.8. The Morgan fingerprint density at radius 2 is 2.11 bits per heavy atom. The van der Waals surface area contributed by atoms with Crippen molar-refractivity contribution in [3.05, 3.63) is 47.5 Å². The molecule has 4 N–H and O–H groups in total. The predicted octanol–water partition coefficient (Wildman–Crippen LogP) is 3.32. The van der Waals surface area contributed by atoms with Crippen molar-refractivity contribution >= 4 is 55.7 Å². The topological polar surface area (TPSA) is 110 Å². The summed E-state index contributed by atoms with van der Waals surface area (Å²) >= 11 is 2.97. The summed E-state index contributed by atoms with van der Waals surface area (Å²) in [7, 11) is 0. The highest BCUT2D eigenvalue weighted by atomic mass is 32.2. The number of benzene rings is 2. The van der Waals surface area contributed by atoms with Crippen LogP contribution in [0.1, 0.15) is 5.01 Å². The van der Waals surface area contributed by atoms with Crippen molar-refractivity contribution in [3.63, 3.8) is 0 Å². The first-order chi connectivity index (χ1) is 13.6. The van der Waals surface area contributed by atoms with Gasteiger partial charge in [-0.15, -0.1) is 23.1 Å². The number of nitrogens with one attached hydrogen (secondary N) is 1. The Morgan fingerprint density at radius 1 is 1.29 bits per heavy atom. The molecule has 0 saturated heterocycles. The van der Waals surface area contributed by atoms with Crippen LogP contribution >= 0.6 is 23.1 Å². The molecule has 7 nitrogen and oxygen atoms in total. The Balaban J connectivity index is 1.37. The molecule has 2 aromatic carbocycles. The first-order valence-corrected chi connectivity index (χ1v) is 10.5. The van der Waals surface area contributed by atoms with Crippen molar-refractivity contribution in [2.45, 2.75) is 6.04 Å². The number of ether oxygens (including phenoxy) is 1. The van der Waals surface area contributed by atoms with Gasteiger partial charge in [-0.1, -0.05) is 0 Å². The Labute approximate surface area is 169 Å².